The molecule has 1 unspecified atom stereocenters. The number of rotatable bonds is 5. The average Bonchev–Trinajstić information content (AvgIpc) is 2.30. The summed E-state index contributed by atoms with van der Waals surface area (Å²) in [5, 5.41) is 0. The van der Waals surface area contributed by atoms with E-state index in [-0.39, 0.29) is 11.7 Å². The minimum absolute atomic E-state index is 0.152. The first-order valence-electron chi connectivity index (χ1n) is 6.50. The largest absolute Gasteiger partial charge is 0.418 e. The molecule has 108 valence electrons. The lowest BCUT2D eigenvalue weighted by atomic mass is 10.0. The predicted molar refractivity (Wildman–Crippen MR) is 72.4 cm³/mol. The van der Waals surface area contributed by atoms with Crippen molar-refractivity contribution in [2.75, 3.05) is 18.0 Å². The van der Waals surface area contributed by atoms with Crippen molar-refractivity contribution in [2.24, 2.45) is 5.73 Å². The highest BCUT2D eigenvalue weighted by Crippen LogP contribution is 2.37. The molecule has 19 heavy (non-hydrogen) atoms. The molecule has 0 amide bonds. The van der Waals surface area contributed by atoms with Gasteiger partial charge in [0.25, 0.3) is 0 Å². The summed E-state index contributed by atoms with van der Waals surface area (Å²) in [5.74, 6) is 0. The summed E-state index contributed by atoms with van der Waals surface area (Å²) in [5.41, 5.74) is 5.93. The Kier molecular flexibility index (Phi) is 5.23. The molecule has 0 heterocycles. The molecule has 2 nitrogen and oxygen atoms in total. The van der Waals surface area contributed by atoms with Crippen molar-refractivity contribution >= 4 is 5.69 Å². The van der Waals surface area contributed by atoms with Gasteiger partial charge in [-0.15, -0.1) is 0 Å². The molecule has 0 aromatic heterocycles. The maximum Gasteiger partial charge on any atom is 0.418 e. The Balaban J connectivity index is 3.24. The van der Waals surface area contributed by atoms with Crippen LogP contribution in [0.2, 0.25) is 0 Å². The second-order valence-electron chi connectivity index (χ2n) is 4.70. The molecule has 1 aromatic carbocycles. The van der Waals surface area contributed by atoms with Crippen LogP contribution in [-0.2, 0) is 12.6 Å². The molecule has 0 aliphatic rings. The number of hydrogen-bond donors (Lipinski definition) is 1. The van der Waals surface area contributed by atoms with E-state index < -0.39 is 11.7 Å². The highest BCUT2D eigenvalue weighted by Gasteiger charge is 2.34. The van der Waals surface area contributed by atoms with Gasteiger partial charge in [0.15, 0.2) is 0 Å². The number of alkyl halides is 3. The maximum absolute atomic E-state index is 13.1. The Morgan fingerprint density at radius 3 is 2.21 bits per heavy atom. The quantitative estimate of drug-likeness (QED) is 0.891. The van der Waals surface area contributed by atoms with Crippen LogP contribution in [0.3, 0.4) is 0 Å². The number of nitrogens with two attached hydrogens (primary N) is 1. The fourth-order valence-electron chi connectivity index (χ4n) is 2.15. The van der Waals surface area contributed by atoms with Crippen molar-refractivity contribution in [2.45, 2.75) is 39.4 Å². The van der Waals surface area contributed by atoms with Crippen LogP contribution in [0.15, 0.2) is 18.2 Å². The van der Waals surface area contributed by atoms with Crippen LogP contribution < -0.4 is 10.6 Å². The molecular formula is C14H21F3N2. The Bertz CT molecular complexity index is 410. The van der Waals surface area contributed by atoms with Gasteiger partial charge in [-0.25, -0.2) is 0 Å². The number of halogens is 3. The summed E-state index contributed by atoms with van der Waals surface area (Å²) in [6, 6.07) is 4.34. The van der Waals surface area contributed by atoms with Crippen molar-refractivity contribution in [3.8, 4) is 0 Å². The average molecular weight is 274 g/mol. The third-order valence-electron chi connectivity index (χ3n) is 3.03. The van der Waals surface area contributed by atoms with Crippen LogP contribution in [0, 0.1) is 0 Å². The lowest BCUT2D eigenvalue weighted by Crippen LogP contribution is -2.25. The molecule has 2 N–H and O–H groups in total. The van der Waals surface area contributed by atoms with E-state index in [2.05, 4.69) is 0 Å². The standard InChI is InChI=1S/C14H21F3N2/c1-4-19(5-2)13-7-6-11(8-10(3)18)9-12(13)14(15,16)17/h6-7,9-10H,4-5,8,18H2,1-3H3. The van der Waals surface area contributed by atoms with Crippen LogP contribution >= 0.6 is 0 Å². The van der Waals surface area contributed by atoms with Crippen LogP contribution in [-0.4, -0.2) is 19.1 Å². The van der Waals surface area contributed by atoms with Crippen molar-refractivity contribution in [1.82, 2.24) is 0 Å². The third kappa shape index (κ3) is 4.13. The molecule has 1 atom stereocenters. The van der Waals surface area contributed by atoms with E-state index in [9.17, 15) is 13.2 Å². The van der Waals surface area contributed by atoms with Crippen LogP contribution in [0.4, 0.5) is 18.9 Å². The molecular weight excluding hydrogens is 253 g/mol. The second kappa shape index (κ2) is 6.28. The molecule has 0 radical (unpaired) electrons. The second-order valence-corrected chi connectivity index (χ2v) is 4.70. The normalized spacial score (nSPS) is 13.4. The van der Waals surface area contributed by atoms with Crippen molar-refractivity contribution in [3.63, 3.8) is 0 Å². The minimum atomic E-state index is -4.34. The third-order valence-corrected chi connectivity index (χ3v) is 3.03. The van der Waals surface area contributed by atoms with E-state index >= 15 is 0 Å². The van der Waals surface area contributed by atoms with E-state index in [1.54, 1.807) is 24.0 Å². The molecule has 0 aliphatic heterocycles. The number of hydrogen-bond acceptors (Lipinski definition) is 2. The lowest BCUT2D eigenvalue weighted by Gasteiger charge is -2.25. The van der Waals surface area contributed by atoms with Crippen LogP contribution in [0.5, 0.6) is 0 Å². The molecule has 1 aromatic rings. The minimum Gasteiger partial charge on any atom is -0.372 e. The number of benzene rings is 1. The van der Waals surface area contributed by atoms with Gasteiger partial charge in [-0.3, -0.25) is 0 Å². The van der Waals surface area contributed by atoms with Crippen molar-refractivity contribution in [1.29, 1.82) is 0 Å². The molecule has 0 aliphatic carbocycles. The first-order chi connectivity index (χ1) is 8.79. The summed E-state index contributed by atoms with van der Waals surface area (Å²) in [4.78, 5) is 1.71. The number of nitrogens with zero attached hydrogens (tertiary/aromatic N) is 1. The zero-order valence-electron chi connectivity index (χ0n) is 11.6. The summed E-state index contributed by atoms with van der Waals surface area (Å²) in [6.45, 7) is 6.57. The topological polar surface area (TPSA) is 29.3 Å². The Hall–Kier alpha value is -1.23. The summed E-state index contributed by atoms with van der Waals surface area (Å²) in [7, 11) is 0. The highest BCUT2D eigenvalue weighted by atomic mass is 19.4. The molecule has 1 rings (SSSR count). The lowest BCUT2D eigenvalue weighted by molar-refractivity contribution is -0.137. The van der Waals surface area contributed by atoms with E-state index in [0.717, 1.165) is 0 Å². The van der Waals surface area contributed by atoms with Gasteiger partial charge in [0.1, 0.15) is 0 Å². The fourth-order valence-corrected chi connectivity index (χ4v) is 2.15. The van der Waals surface area contributed by atoms with Gasteiger partial charge in [-0.05, 0) is 44.9 Å². The number of anilines is 1. The van der Waals surface area contributed by atoms with E-state index in [1.165, 1.54) is 6.07 Å². The molecule has 0 fully saturated rings. The van der Waals surface area contributed by atoms with Gasteiger partial charge in [-0.1, -0.05) is 6.07 Å². The van der Waals surface area contributed by atoms with Crippen molar-refractivity contribution < 1.29 is 13.2 Å². The predicted octanol–water partition coefficient (Wildman–Crippen LogP) is 3.44. The van der Waals surface area contributed by atoms with E-state index in [4.69, 9.17) is 5.73 Å². The summed E-state index contributed by atoms with van der Waals surface area (Å²) in [6.07, 6.45) is -3.90. The monoisotopic (exact) mass is 274 g/mol. The SMILES string of the molecule is CCN(CC)c1ccc(CC(C)N)cc1C(F)(F)F. The molecule has 0 spiro atoms. The first kappa shape index (κ1) is 15.8. The zero-order chi connectivity index (χ0) is 14.6. The Morgan fingerprint density at radius 2 is 1.79 bits per heavy atom. The molecule has 0 bridgehead atoms. The van der Waals surface area contributed by atoms with Gasteiger partial charge < -0.3 is 10.6 Å². The van der Waals surface area contributed by atoms with E-state index in [1.807, 2.05) is 13.8 Å². The fraction of sp³-hybridized carbons (Fsp3) is 0.571. The van der Waals surface area contributed by atoms with Gasteiger partial charge in [-0.2, -0.15) is 13.2 Å². The highest BCUT2D eigenvalue weighted by molar-refractivity contribution is 5.56. The molecule has 0 saturated heterocycles. The van der Waals surface area contributed by atoms with Gasteiger partial charge in [0.05, 0.1) is 5.56 Å². The summed E-state index contributed by atoms with van der Waals surface area (Å²) >= 11 is 0. The van der Waals surface area contributed by atoms with Crippen LogP contribution in [0.25, 0.3) is 0 Å². The molecule has 5 heteroatoms. The maximum atomic E-state index is 13.1. The Labute approximate surface area is 112 Å². The summed E-state index contributed by atoms with van der Waals surface area (Å²) < 4.78 is 39.4. The van der Waals surface area contributed by atoms with Gasteiger partial charge in [0.2, 0.25) is 0 Å². The van der Waals surface area contributed by atoms with Gasteiger partial charge >= 0.3 is 6.18 Å². The first-order valence-corrected chi connectivity index (χ1v) is 6.50. The van der Waals surface area contributed by atoms with Gasteiger partial charge in [0, 0.05) is 24.8 Å². The molecule has 0 saturated carbocycles. The van der Waals surface area contributed by atoms with Crippen molar-refractivity contribution in [3.05, 3.63) is 29.3 Å². The smallest absolute Gasteiger partial charge is 0.372 e. The zero-order valence-corrected chi connectivity index (χ0v) is 11.6. The van der Waals surface area contributed by atoms with E-state index in [0.29, 0.717) is 25.1 Å². The van der Waals surface area contributed by atoms with Crippen LogP contribution in [0.1, 0.15) is 31.9 Å². The Morgan fingerprint density at radius 1 is 1.21 bits per heavy atom.